The number of nitrogens with one attached hydrogen (secondary N) is 2. The van der Waals surface area contributed by atoms with Gasteiger partial charge in [0.25, 0.3) is 0 Å². The van der Waals surface area contributed by atoms with Gasteiger partial charge in [0.15, 0.2) is 0 Å². The zero-order valence-electron chi connectivity index (χ0n) is 11.9. The lowest BCUT2D eigenvalue weighted by atomic mass is 10.1. The molecule has 0 amide bonds. The van der Waals surface area contributed by atoms with E-state index >= 15 is 0 Å². The molecule has 0 unspecified atom stereocenters. The van der Waals surface area contributed by atoms with Crippen molar-refractivity contribution in [2.24, 2.45) is 0 Å². The smallest absolute Gasteiger partial charge is 0.133 e. The summed E-state index contributed by atoms with van der Waals surface area (Å²) in [6.45, 7) is 2.11. The number of benzene rings is 1. The summed E-state index contributed by atoms with van der Waals surface area (Å²) in [5, 5.41) is 9.20. The number of hydrogen-bond donors (Lipinski definition) is 2. The number of anilines is 1. The van der Waals surface area contributed by atoms with E-state index in [1.54, 1.807) is 7.11 Å². The maximum absolute atomic E-state index is 5.40. The van der Waals surface area contributed by atoms with Gasteiger partial charge in [-0.05, 0) is 37.9 Å². The van der Waals surface area contributed by atoms with Gasteiger partial charge < -0.3 is 15.4 Å². The fraction of sp³-hybridized carbons (Fsp3) is 0.438. The van der Waals surface area contributed by atoms with Crippen LogP contribution in [0.25, 0.3) is 10.8 Å². The largest absolute Gasteiger partial charge is 0.496 e. The van der Waals surface area contributed by atoms with Crippen LogP contribution in [0.5, 0.6) is 5.75 Å². The van der Waals surface area contributed by atoms with Crippen molar-refractivity contribution >= 4 is 16.6 Å². The van der Waals surface area contributed by atoms with Crippen LogP contribution in [-0.4, -0.2) is 31.2 Å². The predicted octanol–water partition coefficient (Wildman–Crippen LogP) is 2.80. The summed E-state index contributed by atoms with van der Waals surface area (Å²) >= 11 is 0. The molecular weight excluding hydrogens is 250 g/mol. The summed E-state index contributed by atoms with van der Waals surface area (Å²) in [6.07, 6.45) is 5.57. The molecule has 1 atom stereocenters. The van der Waals surface area contributed by atoms with Crippen LogP contribution in [0.1, 0.15) is 19.3 Å². The highest BCUT2D eigenvalue weighted by molar-refractivity contribution is 5.95. The minimum atomic E-state index is 0.659. The van der Waals surface area contributed by atoms with Crippen molar-refractivity contribution < 1.29 is 4.74 Å². The van der Waals surface area contributed by atoms with Crippen LogP contribution >= 0.6 is 0 Å². The summed E-state index contributed by atoms with van der Waals surface area (Å²) in [4.78, 5) is 4.46. The standard InChI is InChI=1S/C16H21N3O/c1-20-15-6-2-5-14-13(15)8-11-19-16(14)18-10-7-12-4-3-9-17-12/h2,5-6,8,11-12,17H,3-4,7,9-10H2,1H3,(H,18,19)/t12-/m1/s1. The summed E-state index contributed by atoms with van der Waals surface area (Å²) in [6, 6.07) is 8.73. The molecule has 2 heterocycles. The Morgan fingerprint density at radius 1 is 1.35 bits per heavy atom. The van der Waals surface area contributed by atoms with E-state index in [1.807, 2.05) is 24.4 Å². The third-order valence-electron chi connectivity index (χ3n) is 3.93. The fourth-order valence-corrected chi connectivity index (χ4v) is 2.87. The van der Waals surface area contributed by atoms with E-state index in [2.05, 4.69) is 21.7 Å². The van der Waals surface area contributed by atoms with Crippen molar-refractivity contribution in [2.45, 2.75) is 25.3 Å². The van der Waals surface area contributed by atoms with Gasteiger partial charge in [0.1, 0.15) is 11.6 Å². The second-order valence-corrected chi connectivity index (χ2v) is 5.22. The lowest BCUT2D eigenvalue weighted by molar-refractivity contribution is 0.420. The number of rotatable bonds is 5. The van der Waals surface area contributed by atoms with Crippen LogP contribution in [-0.2, 0) is 0 Å². The van der Waals surface area contributed by atoms with Gasteiger partial charge in [-0.15, -0.1) is 0 Å². The Kier molecular flexibility index (Phi) is 4.02. The van der Waals surface area contributed by atoms with Gasteiger partial charge in [-0.2, -0.15) is 0 Å². The molecule has 0 saturated carbocycles. The molecule has 1 aromatic carbocycles. The molecule has 0 spiro atoms. The second-order valence-electron chi connectivity index (χ2n) is 5.22. The first-order valence-corrected chi connectivity index (χ1v) is 7.27. The molecule has 1 aliphatic heterocycles. The van der Waals surface area contributed by atoms with Gasteiger partial charge in [-0.25, -0.2) is 4.98 Å². The van der Waals surface area contributed by atoms with E-state index in [1.165, 1.54) is 12.8 Å². The quantitative estimate of drug-likeness (QED) is 0.878. The molecule has 0 aliphatic carbocycles. The minimum absolute atomic E-state index is 0.659. The van der Waals surface area contributed by atoms with Crippen LogP contribution in [0.3, 0.4) is 0 Å². The number of aromatic nitrogens is 1. The molecule has 0 bridgehead atoms. The third-order valence-corrected chi connectivity index (χ3v) is 3.93. The fourth-order valence-electron chi connectivity index (χ4n) is 2.87. The minimum Gasteiger partial charge on any atom is -0.496 e. The molecule has 106 valence electrons. The van der Waals surface area contributed by atoms with Crippen molar-refractivity contribution in [1.82, 2.24) is 10.3 Å². The monoisotopic (exact) mass is 271 g/mol. The Balaban J connectivity index is 1.74. The molecule has 2 N–H and O–H groups in total. The summed E-state index contributed by atoms with van der Waals surface area (Å²) in [5.41, 5.74) is 0. The van der Waals surface area contributed by atoms with E-state index in [0.717, 1.165) is 41.9 Å². The van der Waals surface area contributed by atoms with Crippen LogP contribution in [0.4, 0.5) is 5.82 Å². The molecule has 20 heavy (non-hydrogen) atoms. The summed E-state index contributed by atoms with van der Waals surface area (Å²) in [5.74, 6) is 1.84. The van der Waals surface area contributed by atoms with E-state index in [9.17, 15) is 0 Å². The lowest BCUT2D eigenvalue weighted by Crippen LogP contribution is -2.24. The van der Waals surface area contributed by atoms with Crippen LogP contribution in [0, 0.1) is 0 Å². The van der Waals surface area contributed by atoms with E-state index in [4.69, 9.17) is 4.74 Å². The Morgan fingerprint density at radius 2 is 2.30 bits per heavy atom. The van der Waals surface area contributed by atoms with Crippen LogP contribution in [0.15, 0.2) is 30.5 Å². The molecular formula is C16H21N3O. The Morgan fingerprint density at radius 3 is 3.10 bits per heavy atom. The number of fused-ring (bicyclic) bond motifs is 1. The summed E-state index contributed by atoms with van der Waals surface area (Å²) in [7, 11) is 1.70. The third kappa shape index (κ3) is 2.70. The summed E-state index contributed by atoms with van der Waals surface area (Å²) < 4.78 is 5.40. The number of hydrogen-bond acceptors (Lipinski definition) is 4. The maximum atomic E-state index is 5.40. The van der Waals surface area contributed by atoms with Crippen molar-refractivity contribution in [2.75, 3.05) is 25.5 Å². The normalized spacial score (nSPS) is 18.4. The number of nitrogens with zero attached hydrogens (tertiary/aromatic N) is 1. The first kappa shape index (κ1) is 13.2. The SMILES string of the molecule is COc1cccc2c(NCC[C@H]3CCCN3)nccc12. The number of ether oxygens (including phenoxy) is 1. The van der Waals surface area contributed by atoms with E-state index in [-0.39, 0.29) is 0 Å². The first-order valence-electron chi connectivity index (χ1n) is 7.27. The van der Waals surface area contributed by atoms with Crippen molar-refractivity contribution in [3.8, 4) is 5.75 Å². The molecule has 4 nitrogen and oxygen atoms in total. The highest BCUT2D eigenvalue weighted by Gasteiger charge is 2.13. The van der Waals surface area contributed by atoms with Gasteiger partial charge in [0.05, 0.1) is 7.11 Å². The second kappa shape index (κ2) is 6.09. The van der Waals surface area contributed by atoms with Crippen LogP contribution < -0.4 is 15.4 Å². The van der Waals surface area contributed by atoms with Gasteiger partial charge in [0, 0.05) is 29.6 Å². The zero-order chi connectivity index (χ0) is 13.8. The molecule has 1 fully saturated rings. The highest BCUT2D eigenvalue weighted by Crippen LogP contribution is 2.28. The predicted molar refractivity (Wildman–Crippen MR) is 82.4 cm³/mol. The van der Waals surface area contributed by atoms with Gasteiger partial charge in [-0.3, -0.25) is 0 Å². The molecule has 3 rings (SSSR count). The molecule has 2 aromatic rings. The van der Waals surface area contributed by atoms with Crippen molar-refractivity contribution in [3.63, 3.8) is 0 Å². The first-order chi connectivity index (χ1) is 9.88. The topological polar surface area (TPSA) is 46.2 Å². The molecule has 1 aliphatic rings. The number of methoxy groups -OCH3 is 1. The number of pyridine rings is 1. The zero-order valence-corrected chi connectivity index (χ0v) is 11.9. The molecule has 1 saturated heterocycles. The Bertz CT molecular complexity index is 579. The Hall–Kier alpha value is -1.81. The van der Waals surface area contributed by atoms with E-state index in [0.29, 0.717) is 6.04 Å². The van der Waals surface area contributed by atoms with Gasteiger partial charge in [0.2, 0.25) is 0 Å². The average molecular weight is 271 g/mol. The van der Waals surface area contributed by atoms with Crippen molar-refractivity contribution in [1.29, 1.82) is 0 Å². The Labute approximate surface area is 119 Å². The molecule has 0 radical (unpaired) electrons. The van der Waals surface area contributed by atoms with Gasteiger partial charge >= 0.3 is 0 Å². The van der Waals surface area contributed by atoms with E-state index < -0.39 is 0 Å². The lowest BCUT2D eigenvalue weighted by Gasteiger charge is -2.13. The van der Waals surface area contributed by atoms with Crippen LogP contribution in [0.2, 0.25) is 0 Å². The molecule has 4 heteroatoms. The average Bonchev–Trinajstić information content (AvgIpc) is 3.00. The maximum Gasteiger partial charge on any atom is 0.133 e. The van der Waals surface area contributed by atoms with Gasteiger partial charge in [-0.1, -0.05) is 12.1 Å². The molecule has 1 aromatic heterocycles. The van der Waals surface area contributed by atoms with Crippen molar-refractivity contribution in [3.05, 3.63) is 30.5 Å². The highest BCUT2D eigenvalue weighted by atomic mass is 16.5.